The molecule has 0 saturated heterocycles. The fourth-order valence-electron chi connectivity index (χ4n) is 6.35. The molecule has 1 aromatic rings. The summed E-state index contributed by atoms with van der Waals surface area (Å²) >= 11 is 6.85. The fraction of sp³-hybridized carbons (Fsp3) is 0.771. The Balaban J connectivity index is 1.87. The molecule has 6 nitrogen and oxygen atoms in total. The maximum atomic E-state index is 14.6. The van der Waals surface area contributed by atoms with Crippen molar-refractivity contribution in [3.8, 4) is 0 Å². The number of esters is 1. The second-order valence-corrected chi connectivity index (χ2v) is 21.7. The summed E-state index contributed by atoms with van der Waals surface area (Å²) in [5.41, 5.74) is -0.389. The van der Waals surface area contributed by atoms with Crippen molar-refractivity contribution in [2.75, 3.05) is 13.7 Å². The van der Waals surface area contributed by atoms with Crippen molar-refractivity contribution in [3.63, 3.8) is 0 Å². The molecule has 0 bridgehead atoms. The van der Waals surface area contributed by atoms with Gasteiger partial charge in [-0.25, -0.2) is 9.18 Å². The van der Waals surface area contributed by atoms with Gasteiger partial charge >= 0.3 is 12.0 Å². The van der Waals surface area contributed by atoms with E-state index in [1.807, 2.05) is 32.0 Å². The molecule has 0 aromatic heterocycles. The fourth-order valence-corrected chi connectivity index (χ4v) is 7.71. The Morgan fingerprint density at radius 3 is 2.23 bits per heavy atom. The average molecular weight is 653 g/mol. The van der Waals surface area contributed by atoms with Crippen LogP contribution in [0.15, 0.2) is 18.2 Å². The summed E-state index contributed by atoms with van der Waals surface area (Å²) in [5, 5.41) is 6.84. The zero-order valence-corrected chi connectivity index (χ0v) is 30.8. The van der Waals surface area contributed by atoms with Crippen LogP contribution >= 0.6 is 11.6 Å². The van der Waals surface area contributed by atoms with Crippen molar-refractivity contribution in [3.05, 3.63) is 34.3 Å². The average Bonchev–Trinajstić information content (AvgIpc) is 2.86. The number of rotatable bonds is 12. The van der Waals surface area contributed by atoms with E-state index in [9.17, 15) is 14.0 Å². The molecule has 2 fully saturated rings. The van der Waals surface area contributed by atoms with Crippen LogP contribution < -0.4 is 10.6 Å². The monoisotopic (exact) mass is 652 g/mol. The number of amides is 2. The molecule has 44 heavy (non-hydrogen) atoms. The number of hydrogen-bond acceptors (Lipinski definition) is 4. The molecule has 0 radical (unpaired) electrons. The van der Waals surface area contributed by atoms with Gasteiger partial charge < -0.3 is 19.8 Å². The first-order valence-electron chi connectivity index (χ1n) is 16.4. The molecule has 2 amide bonds. The molecule has 0 heterocycles. The van der Waals surface area contributed by atoms with E-state index < -0.39 is 31.5 Å². The number of ether oxygens (including phenoxy) is 1. The van der Waals surface area contributed by atoms with Gasteiger partial charge in [-0.15, -0.1) is 0 Å². The van der Waals surface area contributed by atoms with Crippen molar-refractivity contribution in [1.29, 1.82) is 0 Å². The maximum Gasteiger partial charge on any atom is 0.315 e. The quantitative estimate of drug-likeness (QED) is 0.175. The van der Waals surface area contributed by atoms with Crippen LogP contribution in [0.25, 0.3) is 0 Å². The maximum absolute atomic E-state index is 14.6. The Kier molecular flexibility index (Phi) is 11.4. The van der Waals surface area contributed by atoms with Crippen molar-refractivity contribution < 1.29 is 23.1 Å². The van der Waals surface area contributed by atoms with E-state index in [0.29, 0.717) is 36.8 Å². The molecule has 1 aromatic carbocycles. The summed E-state index contributed by atoms with van der Waals surface area (Å²) < 4.78 is 26.5. The van der Waals surface area contributed by atoms with Gasteiger partial charge in [-0.05, 0) is 91.6 Å². The molecule has 250 valence electrons. The number of carbonyl (C=O) groups excluding carboxylic acids is 2. The van der Waals surface area contributed by atoms with Crippen LogP contribution in [0.4, 0.5) is 9.18 Å². The summed E-state index contributed by atoms with van der Waals surface area (Å²) in [4.78, 5) is 27.0. The summed E-state index contributed by atoms with van der Waals surface area (Å²) in [5.74, 6) is -0.685. The van der Waals surface area contributed by atoms with E-state index in [2.05, 4.69) is 65.3 Å². The zero-order chi connectivity index (χ0) is 33.3. The molecule has 9 heteroatoms. The first-order chi connectivity index (χ1) is 20.1. The highest BCUT2D eigenvalue weighted by Gasteiger charge is 2.52. The lowest BCUT2D eigenvalue weighted by atomic mass is 9.61. The number of carbonyl (C=O) groups is 2. The van der Waals surface area contributed by atoms with Gasteiger partial charge in [0.2, 0.25) is 0 Å². The minimum Gasteiger partial charge on any atom is -0.469 e. The lowest BCUT2D eigenvalue weighted by Crippen LogP contribution is -2.61. The van der Waals surface area contributed by atoms with Gasteiger partial charge in [0.15, 0.2) is 8.32 Å². The van der Waals surface area contributed by atoms with Crippen molar-refractivity contribution >= 4 is 31.9 Å². The largest absolute Gasteiger partial charge is 0.469 e. The first-order valence-corrected chi connectivity index (χ1v) is 19.7. The van der Waals surface area contributed by atoms with E-state index in [4.69, 9.17) is 20.8 Å². The summed E-state index contributed by atoms with van der Waals surface area (Å²) in [6.07, 6.45) is 4.42. The van der Waals surface area contributed by atoms with Crippen LogP contribution in [-0.4, -0.2) is 45.7 Å². The van der Waals surface area contributed by atoms with E-state index in [0.717, 1.165) is 36.8 Å². The lowest BCUT2D eigenvalue weighted by Gasteiger charge is -2.48. The van der Waals surface area contributed by atoms with Gasteiger partial charge in [-0.1, -0.05) is 72.2 Å². The number of nitrogens with one attached hydrogen (secondary N) is 2. The predicted molar refractivity (Wildman–Crippen MR) is 180 cm³/mol. The van der Waals surface area contributed by atoms with E-state index in [-0.39, 0.29) is 28.4 Å². The van der Waals surface area contributed by atoms with E-state index >= 15 is 0 Å². The van der Waals surface area contributed by atoms with Crippen LogP contribution in [0.1, 0.15) is 105 Å². The number of alkyl halides is 1. The third-order valence-electron chi connectivity index (χ3n) is 10.7. The Bertz CT molecular complexity index is 1170. The van der Waals surface area contributed by atoms with Gasteiger partial charge in [0.1, 0.15) is 5.67 Å². The molecule has 2 saturated carbocycles. The lowest BCUT2D eigenvalue weighted by molar-refractivity contribution is -0.154. The highest BCUT2D eigenvalue weighted by Crippen LogP contribution is 2.48. The van der Waals surface area contributed by atoms with Gasteiger partial charge in [-0.2, -0.15) is 0 Å². The SMILES string of the molecule is CCC1(F)CC(NC(=O)N[C@@](C)(c2ccc(CCC(C)(C)C)c(Cl)c2)C(C(=O)OC)C2CC(CO[Si](C)(C)C(C)(C)C)C2)C1. The van der Waals surface area contributed by atoms with Crippen molar-refractivity contribution in [2.24, 2.45) is 23.2 Å². The van der Waals surface area contributed by atoms with Gasteiger partial charge in [-0.3, -0.25) is 4.79 Å². The molecule has 2 N–H and O–H groups in total. The number of hydrogen-bond donors (Lipinski definition) is 2. The Labute approximate surface area is 272 Å². The van der Waals surface area contributed by atoms with Crippen molar-refractivity contribution in [1.82, 2.24) is 10.6 Å². The second kappa shape index (κ2) is 13.6. The van der Waals surface area contributed by atoms with E-state index in [1.165, 1.54) is 7.11 Å². The van der Waals surface area contributed by atoms with Crippen LogP contribution in [0.2, 0.25) is 23.2 Å². The Morgan fingerprint density at radius 2 is 1.73 bits per heavy atom. The Hall–Kier alpha value is -1.64. The molecule has 2 aliphatic carbocycles. The second-order valence-electron chi connectivity index (χ2n) is 16.4. The van der Waals surface area contributed by atoms with Gasteiger partial charge in [0.05, 0.1) is 18.6 Å². The molecule has 2 atom stereocenters. The number of halogens is 2. The van der Waals surface area contributed by atoms with Crippen LogP contribution in [-0.2, 0) is 25.9 Å². The number of aryl methyl sites for hydroxylation is 1. The van der Waals surface area contributed by atoms with Crippen LogP contribution in [0, 0.1) is 23.2 Å². The first kappa shape index (κ1) is 36.8. The van der Waals surface area contributed by atoms with Crippen LogP contribution in [0.3, 0.4) is 0 Å². The van der Waals surface area contributed by atoms with Crippen molar-refractivity contribution in [2.45, 2.75) is 136 Å². The number of urea groups is 1. The molecule has 1 unspecified atom stereocenters. The summed E-state index contributed by atoms with van der Waals surface area (Å²) in [7, 11) is -0.497. The number of methoxy groups -OCH3 is 1. The summed E-state index contributed by atoms with van der Waals surface area (Å²) in [6, 6.07) is 5.21. The normalized spacial score (nSPS) is 26.1. The zero-order valence-electron chi connectivity index (χ0n) is 29.1. The number of benzene rings is 1. The highest BCUT2D eigenvalue weighted by molar-refractivity contribution is 6.74. The minimum absolute atomic E-state index is 0.0117. The standard InChI is InChI=1S/C35H58ClFN2O4Si/c1-12-35(37)20-27(21-35)38-31(41)39-34(8,26-14-13-24(28(36)19-26)15-16-32(2,3)4)29(30(40)42-9)25-17-23(18-25)22-43-44(10,11)33(5,6)7/h13-14,19,23,25,27,29H,12,15-18,20-22H2,1-11H3,(H2,38,39,41)/t23?,25?,27?,29?,34-,35?/m0/s1. The molecule has 2 aliphatic rings. The highest BCUT2D eigenvalue weighted by atomic mass is 35.5. The van der Waals surface area contributed by atoms with Gasteiger partial charge in [0.25, 0.3) is 0 Å². The van der Waals surface area contributed by atoms with Gasteiger partial charge in [0, 0.05) is 30.5 Å². The topological polar surface area (TPSA) is 76.7 Å². The van der Waals surface area contributed by atoms with Crippen LogP contribution in [0.5, 0.6) is 0 Å². The third-order valence-corrected chi connectivity index (χ3v) is 15.5. The molecule has 3 rings (SSSR count). The predicted octanol–water partition coefficient (Wildman–Crippen LogP) is 8.95. The molecular weight excluding hydrogens is 595 g/mol. The molecule has 0 aliphatic heterocycles. The third kappa shape index (κ3) is 8.78. The summed E-state index contributed by atoms with van der Waals surface area (Å²) in [6.45, 7) is 22.2. The smallest absolute Gasteiger partial charge is 0.315 e. The Morgan fingerprint density at radius 1 is 1.11 bits per heavy atom. The molecular formula is C35H58ClFN2O4Si. The molecule has 0 spiro atoms. The van der Waals surface area contributed by atoms with E-state index in [1.54, 1.807) is 0 Å². The minimum atomic E-state index is -1.90.